The number of hydrogen-bond acceptors (Lipinski definition) is 6. The first-order valence-corrected chi connectivity index (χ1v) is 11.9. The van der Waals surface area contributed by atoms with Crippen molar-refractivity contribution in [3.05, 3.63) is 0 Å². The van der Waals surface area contributed by atoms with Gasteiger partial charge in [0, 0.05) is 12.5 Å². The Morgan fingerprint density at radius 3 is 2.32 bits per heavy atom. The van der Waals surface area contributed by atoms with Crippen LogP contribution in [-0.4, -0.2) is 43.1 Å². The van der Waals surface area contributed by atoms with E-state index in [1.54, 1.807) is 0 Å². The average molecular weight is 416 g/mol. The number of hydrogen-bond donors (Lipinski definition) is 2. The molecule has 4 aliphatic carbocycles. The third-order valence-corrected chi connectivity index (χ3v) is 8.96. The molecule has 0 aromatic heterocycles. The van der Waals surface area contributed by atoms with Crippen LogP contribution in [0.15, 0.2) is 0 Å². The highest BCUT2D eigenvalue weighted by molar-refractivity contribution is 7.85. The van der Waals surface area contributed by atoms with Crippen LogP contribution in [0.5, 0.6) is 0 Å². The predicted octanol–water partition coefficient (Wildman–Crippen LogP) is 2.19. The number of carbonyl (C=O) groups excluding carboxylic acids is 2. The Labute approximate surface area is 167 Å². The van der Waals surface area contributed by atoms with Gasteiger partial charge in [-0.25, -0.2) is 0 Å². The molecule has 0 aromatic rings. The fourth-order valence-corrected chi connectivity index (χ4v) is 7.64. The van der Waals surface area contributed by atoms with E-state index in [0.29, 0.717) is 31.3 Å². The summed E-state index contributed by atoms with van der Waals surface area (Å²) in [7, 11) is -4.08. The van der Waals surface area contributed by atoms with Crippen LogP contribution < -0.4 is 5.73 Å². The highest BCUT2D eigenvalue weighted by Gasteiger charge is 2.65. The molecule has 160 valence electrons. The number of esters is 1. The van der Waals surface area contributed by atoms with E-state index in [9.17, 15) is 18.0 Å². The standard InChI is InChI=1S/C10H17NO2.C10H16O4S/c1-2-13-10(12)8-6-3-4-7(5-6)9(8)11;1-9(2)7-3-4-10(9,8(11)5-7)6-15(12,13)14/h6-9H,2-5,11H2,1H3;7H,3-6H2,1-2H3,(H,12,13,14)/t6-,7+,8-,9+;/m1./s1. The normalized spacial score (nSPS) is 40.3. The smallest absolute Gasteiger partial charge is 0.310 e. The molecule has 0 amide bonds. The van der Waals surface area contributed by atoms with Gasteiger partial charge < -0.3 is 10.5 Å². The molecule has 0 heterocycles. The van der Waals surface area contributed by atoms with Gasteiger partial charge in [0.1, 0.15) is 5.78 Å². The van der Waals surface area contributed by atoms with Gasteiger partial charge in [0.05, 0.1) is 23.7 Å². The molecule has 4 rings (SSSR count). The van der Waals surface area contributed by atoms with E-state index in [-0.39, 0.29) is 35.0 Å². The number of ether oxygens (including phenoxy) is 1. The van der Waals surface area contributed by atoms with E-state index in [1.165, 1.54) is 12.8 Å². The summed E-state index contributed by atoms with van der Waals surface area (Å²) in [5.74, 6) is 0.926. The number of nitrogens with two attached hydrogens (primary N) is 1. The molecule has 4 aliphatic rings. The zero-order chi connectivity index (χ0) is 20.9. The van der Waals surface area contributed by atoms with Gasteiger partial charge in [-0.3, -0.25) is 14.1 Å². The van der Waals surface area contributed by atoms with Crippen LogP contribution in [0.1, 0.15) is 59.3 Å². The van der Waals surface area contributed by atoms with Crippen LogP contribution >= 0.6 is 0 Å². The van der Waals surface area contributed by atoms with Crippen LogP contribution in [0.3, 0.4) is 0 Å². The van der Waals surface area contributed by atoms with Crippen molar-refractivity contribution in [2.45, 2.75) is 65.3 Å². The summed E-state index contributed by atoms with van der Waals surface area (Å²) >= 11 is 0. The first kappa shape index (κ1) is 21.7. The highest BCUT2D eigenvalue weighted by atomic mass is 32.2. The molecule has 0 aliphatic heterocycles. The molecule has 8 heteroatoms. The van der Waals surface area contributed by atoms with Gasteiger partial charge in [-0.1, -0.05) is 13.8 Å². The lowest BCUT2D eigenvalue weighted by molar-refractivity contribution is -0.150. The fourth-order valence-electron chi connectivity index (χ4n) is 6.34. The molecule has 0 spiro atoms. The zero-order valence-corrected chi connectivity index (χ0v) is 17.8. The molecule has 0 radical (unpaired) electrons. The Hall–Kier alpha value is -0.990. The summed E-state index contributed by atoms with van der Waals surface area (Å²) in [6.45, 7) is 6.21. The minimum absolute atomic E-state index is 0.00120. The van der Waals surface area contributed by atoms with Crippen molar-refractivity contribution in [3.8, 4) is 0 Å². The lowest BCUT2D eigenvalue weighted by Crippen LogP contribution is -2.42. The Bertz CT molecular complexity index is 746. The van der Waals surface area contributed by atoms with Gasteiger partial charge >= 0.3 is 5.97 Å². The van der Waals surface area contributed by atoms with Gasteiger partial charge in [-0.2, -0.15) is 8.42 Å². The van der Waals surface area contributed by atoms with Crippen molar-refractivity contribution >= 4 is 21.9 Å². The largest absolute Gasteiger partial charge is 0.466 e. The second kappa shape index (κ2) is 7.36. The van der Waals surface area contributed by atoms with E-state index in [0.717, 1.165) is 12.8 Å². The van der Waals surface area contributed by atoms with Gasteiger partial charge in [-0.15, -0.1) is 0 Å². The minimum Gasteiger partial charge on any atom is -0.466 e. The van der Waals surface area contributed by atoms with Crippen molar-refractivity contribution in [2.75, 3.05) is 12.4 Å². The quantitative estimate of drug-likeness (QED) is 0.533. The lowest BCUT2D eigenvalue weighted by Gasteiger charge is -2.35. The summed E-state index contributed by atoms with van der Waals surface area (Å²) in [5, 5.41) is 0. The molecule has 2 unspecified atom stereocenters. The van der Waals surface area contributed by atoms with Crippen molar-refractivity contribution in [1.82, 2.24) is 0 Å². The number of carbonyl (C=O) groups is 2. The van der Waals surface area contributed by atoms with Gasteiger partial charge in [0.25, 0.3) is 10.1 Å². The second-order valence-corrected chi connectivity index (χ2v) is 11.0. The molecular weight excluding hydrogens is 382 g/mol. The second-order valence-electron chi connectivity index (χ2n) is 9.58. The maximum absolute atomic E-state index is 11.9. The number of ketones is 1. The van der Waals surface area contributed by atoms with Crippen LogP contribution in [0.2, 0.25) is 0 Å². The minimum atomic E-state index is -4.08. The van der Waals surface area contributed by atoms with Gasteiger partial charge in [-0.05, 0) is 62.2 Å². The van der Waals surface area contributed by atoms with E-state index in [4.69, 9.17) is 15.0 Å². The van der Waals surface area contributed by atoms with Crippen molar-refractivity contribution in [3.63, 3.8) is 0 Å². The Morgan fingerprint density at radius 1 is 1.25 bits per heavy atom. The summed E-state index contributed by atoms with van der Waals surface area (Å²) in [4.78, 5) is 23.4. The molecule has 4 bridgehead atoms. The number of Topliss-reactive ketones (excluding diaryl/α,β-unsaturated/α-hetero) is 1. The van der Waals surface area contributed by atoms with E-state index in [2.05, 4.69) is 0 Å². The summed E-state index contributed by atoms with van der Waals surface area (Å²) < 4.78 is 36.0. The van der Waals surface area contributed by atoms with Gasteiger partial charge in [0.15, 0.2) is 0 Å². The molecule has 6 atom stereocenters. The summed E-state index contributed by atoms with van der Waals surface area (Å²) in [6, 6.07) is 0.0674. The highest BCUT2D eigenvalue weighted by Crippen LogP contribution is 2.64. The molecule has 4 saturated carbocycles. The predicted molar refractivity (Wildman–Crippen MR) is 104 cm³/mol. The van der Waals surface area contributed by atoms with Crippen LogP contribution in [-0.2, 0) is 24.4 Å². The zero-order valence-electron chi connectivity index (χ0n) is 17.0. The summed E-state index contributed by atoms with van der Waals surface area (Å²) in [5.41, 5.74) is 4.87. The third kappa shape index (κ3) is 3.52. The fraction of sp³-hybridized carbons (Fsp3) is 0.900. The van der Waals surface area contributed by atoms with Crippen molar-refractivity contribution < 1.29 is 27.3 Å². The van der Waals surface area contributed by atoms with E-state index in [1.807, 2.05) is 20.8 Å². The summed E-state index contributed by atoms with van der Waals surface area (Å²) in [6.07, 6.45) is 5.49. The Balaban J connectivity index is 0.000000162. The lowest BCUT2D eigenvalue weighted by atomic mass is 9.70. The third-order valence-electron chi connectivity index (χ3n) is 8.11. The van der Waals surface area contributed by atoms with Crippen LogP contribution in [0.25, 0.3) is 0 Å². The maximum Gasteiger partial charge on any atom is 0.310 e. The Kier molecular flexibility index (Phi) is 5.71. The first-order chi connectivity index (χ1) is 12.9. The first-order valence-electron chi connectivity index (χ1n) is 10.3. The van der Waals surface area contributed by atoms with E-state index < -0.39 is 21.3 Å². The van der Waals surface area contributed by atoms with Crippen molar-refractivity contribution in [2.24, 2.45) is 40.2 Å². The Morgan fingerprint density at radius 2 is 1.89 bits per heavy atom. The average Bonchev–Trinajstić information content (AvgIpc) is 3.26. The molecule has 28 heavy (non-hydrogen) atoms. The van der Waals surface area contributed by atoms with Crippen LogP contribution in [0, 0.1) is 34.5 Å². The number of fused-ring (bicyclic) bond motifs is 4. The van der Waals surface area contributed by atoms with Crippen LogP contribution in [0.4, 0.5) is 0 Å². The van der Waals surface area contributed by atoms with Crippen molar-refractivity contribution in [1.29, 1.82) is 0 Å². The van der Waals surface area contributed by atoms with E-state index >= 15 is 0 Å². The molecule has 4 fully saturated rings. The monoisotopic (exact) mass is 415 g/mol. The molecule has 0 aromatic carbocycles. The SMILES string of the molecule is CC1(C)C2CCC1(CS(=O)(=O)O)C(=O)C2.CCOC(=O)[C@@H]1[C@@H]2CC[C@@H](C2)[C@@H]1N. The molecule has 0 saturated heterocycles. The molecule has 7 nitrogen and oxygen atoms in total. The topological polar surface area (TPSA) is 124 Å². The molecule has 3 N–H and O–H groups in total. The molecular formula is C20H33NO6S. The van der Waals surface area contributed by atoms with Gasteiger partial charge in [0.2, 0.25) is 0 Å². The number of rotatable bonds is 4. The maximum atomic E-state index is 11.9.